The van der Waals surface area contributed by atoms with Gasteiger partial charge in [-0.2, -0.15) is 0 Å². The van der Waals surface area contributed by atoms with Crippen molar-refractivity contribution in [2.24, 2.45) is 0 Å². The van der Waals surface area contributed by atoms with Gasteiger partial charge in [0.05, 0.1) is 34.5 Å². The summed E-state index contributed by atoms with van der Waals surface area (Å²) in [5, 5.41) is 9.53. The van der Waals surface area contributed by atoms with E-state index in [4.69, 9.17) is 23.7 Å². The van der Waals surface area contributed by atoms with Crippen LogP contribution in [-0.2, 0) is 11.3 Å². The van der Waals surface area contributed by atoms with Crippen LogP contribution in [0.25, 0.3) is 0 Å². The zero-order chi connectivity index (χ0) is 26.9. The van der Waals surface area contributed by atoms with Crippen LogP contribution in [0.15, 0.2) is 60.7 Å². The van der Waals surface area contributed by atoms with Crippen LogP contribution < -0.4 is 23.7 Å². The van der Waals surface area contributed by atoms with Gasteiger partial charge in [-0.05, 0) is 42.3 Å². The summed E-state index contributed by atoms with van der Waals surface area (Å²) in [7, 11) is 6.04. The Morgan fingerprint density at radius 2 is 1.49 bits per heavy atom. The predicted molar refractivity (Wildman–Crippen MR) is 137 cm³/mol. The van der Waals surface area contributed by atoms with Crippen LogP contribution in [0.4, 0.5) is 0 Å². The van der Waals surface area contributed by atoms with Gasteiger partial charge in [-0.1, -0.05) is 30.3 Å². The van der Waals surface area contributed by atoms with E-state index in [0.717, 1.165) is 11.1 Å². The lowest BCUT2D eigenvalue weighted by Gasteiger charge is -2.30. The van der Waals surface area contributed by atoms with Gasteiger partial charge in [0.15, 0.2) is 18.1 Å². The lowest BCUT2D eigenvalue weighted by atomic mass is 10.1. The molecule has 0 aliphatic heterocycles. The monoisotopic (exact) mass is 509 g/mol. The first-order chi connectivity index (χ1) is 17.8. The molecular formula is C28H31NO8. The number of amides is 1. The van der Waals surface area contributed by atoms with Gasteiger partial charge < -0.3 is 33.7 Å². The standard InChI is InChI=1S/C28H31NO8/c1-18(20-9-7-6-8-10-20)29(16-19-13-24(34-3)27(36-5)25(14-19)35-4)26(30)17-37-23-15-21(33-2)11-12-22(23)28(31)32/h6-15,18H,16-17H2,1-5H3,(H,31,32)/t18-/m1/s1. The van der Waals surface area contributed by atoms with Crippen LogP contribution >= 0.6 is 0 Å². The fourth-order valence-electron chi connectivity index (χ4n) is 3.92. The van der Waals surface area contributed by atoms with E-state index in [0.29, 0.717) is 23.0 Å². The maximum absolute atomic E-state index is 13.5. The van der Waals surface area contributed by atoms with E-state index in [1.165, 1.54) is 46.6 Å². The van der Waals surface area contributed by atoms with Gasteiger partial charge in [-0.3, -0.25) is 4.79 Å². The molecule has 0 spiro atoms. The Kier molecular flexibility index (Phi) is 9.21. The molecule has 0 heterocycles. The number of nitrogens with zero attached hydrogens (tertiary/aromatic N) is 1. The molecule has 0 saturated heterocycles. The summed E-state index contributed by atoms with van der Waals surface area (Å²) in [5.41, 5.74) is 1.61. The Morgan fingerprint density at radius 1 is 0.838 bits per heavy atom. The van der Waals surface area contributed by atoms with E-state index in [1.54, 1.807) is 17.0 Å². The first-order valence-electron chi connectivity index (χ1n) is 11.5. The van der Waals surface area contributed by atoms with Crippen LogP contribution in [0.3, 0.4) is 0 Å². The van der Waals surface area contributed by atoms with Crippen molar-refractivity contribution in [3.63, 3.8) is 0 Å². The van der Waals surface area contributed by atoms with Crippen molar-refractivity contribution in [1.82, 2.24) is 4.90 Å². The van der Waals surface area contributed by atoms with Crippen LogP contribution in [0.5, 0.6) is 28.7 Å². The third-order valence-electron chi connectivity index (χ3n) is 5.92. The summed E-state index contributed by atoms with van der Waals surface area (Å²) in [5.74, 6) is 0.331. The van der Waals surface area contributed by atoms with E-state index in [1.807, 2.05) is 37.3 Å². The molecule has 0 bridgehead atoms. The molecule has 1 amide bonds. The third-order valence-corrected chi connectivity index (χ3v) is 5.92. The van der Waals surface area contributed by atoms with Gasteiger partial charge in [0.1, 0.15) is 17.1 Å². The van der Waals surface area contributed by atoms with Gasteiger partial charge >= 0.3 is 5.97 Å². The molecule has 3 aromatic rings. The highest BCUT2D eigenvalue weighted by Gasteiger charge is 2.25. The van der Waals surface area contributed by atoms with Crippen molar-refractivity contribution in [1.29, 1.82) is 0 Å². The lowest BCUT2D eigenvalue weighted by Crippen LogP contribution is -2.36. The fraction of sp³-hybridized carbons (Fsp3) is 0.286. The van der Waals surface area contributed by atoms with E-state index in [9.17, 15) is 14.7 Å². The quantitative estimate of drug-likeness (QED) is 0.378. The number of hydrogen-bond acceptors (Lipinski definition) is 7. The van der Waals surface area contributed by atoms with Crippen molar-refractivity contribution in [2.75, 3.05) is 35.0 Å². The number of aromatic carboxylic acids is 1. The van der Waals surface area contributed by atoms with E-state index in [-0.39, 0.29) is 36.4 Å². The predicted octanol–water partition coefficient (Wildman–Crippen LogP) is 4.59. The molecule has 0 aliphatic carbocycles. The highest BCUT2D eigenvalue weighted by molar-refractivity contribution is 5.91. The molecule has 0 radical (unpaired) electrons. The Labute approximate surface area is 216 Å². The number of methoxy groups -OCH3 is 4. The Morgan fingerprint density at radius 3 is 2.03 bits per heavy atom. The zero-order valence-corrected chi connectivity index (χ0v) is 21.5. The Bertz CT molecular complexity index is 1200. The summed E-state index contributed by atoms with van der Waals surface area (Å²) < 4.78 is 27.2. The minimum Gasteiger partial charge on any atom is -0.497 e. The summed E-state index contributed by atoms with van der Waals surface area (Å²) in [6.07, 6.45) is 0. The van der Waals surface area contributed by atoms with Crippen molar-refractivity contribution < 1.29 is 38.4 Å². The summed E-state index contributed by atoms with van der Waals surface area (Å²) >= 11 is 0. The molecular weight excluding hydrogens is 478 g/mol. The van der Waals surface area contributed by atoms with Gasteiger partial charge in [-0.15, -0.1) is 0 Å². The molecule has 196 valence electrons. The molecule has 3 aromatic carbocycles. The molecule has 0 fully saturated rings. The lowest BCUT2D eigenvalue weighted by molar-refractivity contribution is -0.136. The molecule has 9 heteroatoms. The second-order valence-corrected chi connectivity index (χ2v) is 8.10. The Balaban J connectivity index is 1.94. The number of carbonyl (C=O) groups excluding carboxylic acids is 1. The first kappa shape index (κ1) is 27.2. The first-order valence-corrected chi connectivity index (χ1v) is 11.5. The van der Waals surface area contributed by atoms with Crippen LogP contribution in [0, 0.1) is 0 Å². The smallest absolute Gasteiger partial charge is 0.339 e. The number of carbonyl (C=O) groups is 2. The SMILES string of the molecule is COc1ccc(C(=O)O)c(OCC(=O)N(Cc2cc(OC)c(OC)c(OC)c2)[C@H](C)c2ccccc2)c1. The van der Waals surface area contributed by atoms with Crippen LogP contribution in [-0.4, -0.2) is 56.9 Å². The minimum absolute atomic E-state index is 0.0419. The van der Waals surface area contributed by atoms with Crippen molar-refractivity contribution in [3.05, 3.63) is 77.4 Å². The molecule has 3 rings (SSSR count). The number of ether oxygens (including phenoxy) is 5. The van der Waals surface area contributed by atoms with E-state index in [2.05, 4.69) is 0 Å². The van der Waals surface area contributed by atoms with Crippen molar-refractivity contribution in [2.45, 2.75) is 19.5 Å². The average molecular weight is 510 g/mol. The van der Waals surface area contributed by atoms with Gasteiger partial charge in [0, 0.05) is 12.6 Å². The second kappa shape index (κ2) is 12.5. The highest BCUT2D eigenvalue weighted by Crippen LogP contribution is 2.39. The highest BCUT2D eigenvalue weighted by atomic mass is 16.5. The number of carboxylic acids is 1. The molecule has 9 nitrogen and oxygen atoms in total. The van der Waals surface area contributed by atoms with Gasteiger partial charge in [0.2, 0.25) is 5.75 Å². The van der Waals surface area contributed by atoms with E-state index < -0.39 is 5.97 Å². The normalized spacial score (nSPS) is 11.3. The van der Waals surface area contributed by atoms with Crippen molar-refractivity contribution in [3.8, 4) is 28.7 Å². The average Bonchev–Trinajstić information content (AvgIpc) is 2.93. The summed E-state index contributed by atoms with van der Waals surface area (Å²) in [6, 6.07) is 17.2. The van der Waals surface area contributed by atoms with Crippen LogP contribution in [0.2, 0.25) is 0 Å². The fourth-order valence-corrected chi connectivity index (χ4v) is 3.92. The molecule has 37 heavy (non-hydrogen) atoms. The summed E-state index contributed by atoms with van der Waals surface area (Å²) in [6.45, 7) is 1.74. The van der Waals surface area contributed by atoms with Gasteiger partial charge in [-0.25, -0.2) is 4.79 Å². The molecule has 0 aromatic heterocycles. The third kappa shape index (κ3) is 6.43. The van der Waals surface area contributed by atoms with Crippen LogP contribution in [0.1, 0.15) is 34.5 Å². The van der Waals surface area contributed by atoms with Gasteiger partial charge in [0.25, 0.3) is 5.91 Å². The zero-order valence-electron chi connectivity index (χ0n) is 21.5. The molecule has 0 saturated carbocycles. The maximum Gasteiger partial charge on any atom is 0.339 e. The Hall–Kier alpha value is -4.40. The van der Waals surface area contributed by atoms with Crippen molar-refractivity contribution >= 4 is 11.9 Å². The number of rotatable bonds is 12. The molecule has 1 N–H and O–H groups in total. The molecule has 0 unspecified atom stereocenters. The second-order valence-electron chi connectivity index (χ2n) is 8.10. The minimum atomic E-state index is -1.17. The number of carboxylic acid groups (broad SMARTS) is 1. The summed E-state index contributed by atoms with van der Waals surface area (Å²) in [4.78, 5) is 26.8. The molecule has 1 atom stereocenters. The number of hydrogen-bond donors (Lipinski definition) is 1. The maximum atomic E-state index is 13.5. The number of benzene rings is 3. The largest absolute Gasteiger partial charge is 0.497 e. The topological polar surface area (TPSA) is 104 Å². The van der Waals surface area contributed by atoms with E-state index >= 15 is 0 Å². The molecule has 0 aliphatic rings.